The molecule has 1 aromatic rings. The van der Waals surface area contributed by atoms with Gasteiger partial charge in [-0.25, -0.2) is 8.78 Å². The van der Waals surface area contributed by atoms with Gasteiger partial charge in [-0.1, -0.05) is 6.07 Å². The summed E-state index contributed by atoms with van der Waals surface area (Å²) in [5, 5.41) is 9.76. The van der Waals surface area contributed by atoms with Crippen molar-refractivity contribution in [2.24, 2.45) is 0 Å². The molecule has 1 N–H and O–H groups in total. The van der Waals surface area contributed by atoms with Crippen LogP contribution in [0.3, 0.4) is 0 Å². The fourth-order valence-electron chi connectivity index (χ4n) is 2.00. The van der Waals surface area contributed by atoms with Crippen LogP contribution in [0.5, 0.6) is 5.75 Å². The van der Waals surface area contributed by atoms with Crippen LogP contribution in [0.1, 0.15) is 30.1 Å². The highest BCUT2D eigenvalue weighted by atomic mass is 19.3. The molecular formula is C12H14F2O2. The van der Waals surface area contributed by atoms with Crippen LogP contribution in [0, 0.1) is 0 Å². The molecule has 0 aliphatic heterocycles. The first-order valence-corrected chi connectivity index (χ1v) is 5.38. The van der Waals surface area contributed by atoms with Gasteiger partial charge in [-0.3, -0.25) is 0 Å². The number of fused-ring (bicyclic) bond motifs is 1. The molecule has 2 nitrogen and oxygen atoms in total. The predicted octanol–water partition coefficient (Wildman–Crippen LogP) is 2.70. The third-order valence-electron chi connectivity index (χ3n) is 2.78. The van der Waals surface area contributed by atoms with E-state index in [1.807, 2.05) is 6.07 Å². The Kier molecular flexibility index (Phi) is 3.39. The van der Waals surface area contributed by atoms with Crippen LogP contribution in [0.25, 0.3) is 0 Å². The summed E-state index contributed by atoms with van der Waals surface area (Å²) in [6, 6.07) is 5.19. The molecule has 1 aromatic carbocycles. The summed E-state index contributed by atoms with van der Waals surface area (Å²) >= 11 is 0. The number of ether oxygens (including phenoxy) is 1. The van der Waals surface area contributed by atoms with Gasteiger partial charge >= 0.3 is 0 Å². The molecule has 0 amide bonds. The maximum Gasteiger partial charge on any atom is 0.272 e. The standard InChI is InChI=1S/C12H14F2O2/c13-12(14)7-16-9-5-4-8-2-1-3-11(15)10(8)6-9/h4-6,11-12,15H,1-3,7H2. The van der Waals surface area contributed by atoms with Gasteiger partial charge in [-0.15, -0.1) is 0 Å². The summed E-state index contributed by atoms with van der Waals surface area (Å²) < 4.78 is 28.8. The number of benzene rings is 1. The van der Waals surface area contributed by atoms with Gasteiger partial charge in [-0.05, 0) is 42.5 Å². The summed E-state index contributed by atoms with van der Waals surface area (Å²) in [7, 11) is 0. The van der Waals surface area contributed by atoms with Gasteiger partial charge in [0.15, 0.2) is 0 Å². The maximum absolute atomic E-state index is 12.0. The SMILES string of the molecule is OC1CCCc2ccc(OCC(F)F)cc21. The fourth-order valence-corrected chi connectivity index (χ4v) is 2.00. The largest absolute Gasteiger partial charge is 0.488 e. The third kappa shape index (κ3) is 2.50. The highest BCUT2D eigenvalue weighted by Gasteiger charge is 2.18. The molecular weight excluding hydrogens is 214 g/mol. The van der Waals surface area contributed by atoms with Crippen molar-refractivity contribution in [3.05, 3.63) is 29.3 Å². The van der Waals surface area contributed by atoms with Crippen LogP contribution < -0.4 is 4.74 Å². The molecule has 1 atom stereocenters. The number of hydrogen-bond donors (Lipinski definition) is 1. The number of alkyl halides is 2. The van der Waals surface area contributed by atoms with Crippen LogP contribution in [-0.2, 0) is 6.42 Å². The van der Waals surface area contributed by atoms with E-state index in [-0.39, 0.29) is 0 Å². The topological polar surface area (TPSA) is 29.5 Å². The fraction of sp³-hybridized carbons (Fsp3) is 0.500. The molecule has 1 unspecified atom stereocenters. The smallest absolute Gasteiger partial charge is 0.272 e. The summed E-state index contributed by atoms with van der Waals surface area (Å²) in [6.07, 6.45) is -0.335. The van der Waals surface area contributed by atoms with Crippen LogP contribution in [0.2, 0.25) is 0 Å². The Morgan fingerprint density at radius 2 is 2.25 bits per heavy atom. The molecule has 0 fully saturated rings. The minimum absolute atomic E-state index is 0.403. The van der Waals surface area contributed by atoms with E-state index in [1.54, 1.807) is 12.1 Å². The van der Waals surface area contributed by atoms with E-state index >= 15 is 0 Å². The van der Waals surface area contributed by atoms with Crippen molar-refractivity contribution in [3.8, 4) is 5.75 Å². The number of aliphatic hydroxyl groups is 1. The number of halogens is 2. The van der Waals surface area contributed by atoms with Crippen LogP contribution in [-0.4, -0.2) is 18.1 Å². The monoisotopic (exact) mass is 228 g/mol. The second-order valence-corrected chi connectivity index (χ2v) is 3.97. The minimum atomic E-state index is -2.47. The van der Waals surface area contributed by atoms with E-state index < -0.39 is 19.1 Å². The van der Waals surface area contributed by atoms with E-state index in [9.17, 15) is 13.9 Å². The van der Waals surface area contributed by atoms with Gasteiger partial charge in [0.2, 0.25) is 0 Å². The Balaban J connectivity index is 2.14. The summed E-state index contributed by atoms with van der Waals surface area (Å²) in [6.45, 7) is -0.602. The van der Waals surface area contributed by atoms with Crippen LogP contribution in [0.4, 0.5) is 8.78 Å². The molecule has 88 valence electrons. The van der Waals surface area contributed by atoms with Gasteiger partial charge < -0.3 is 9.84 Å². The van der Waals surface area contributed by atoms with Gasteiger partial charge in [-0.2, -0.15) is 0 Å². The zero-order valence-electron chi connectivity index (χ0n) is 8.83. The van der Waals surface area contributed by atoms with Crippen LogP contribution in [0.15, 0.2) is 18.2 Å². The summed E-state index contributed by atoms with van der Waals surface area (Å²) in [5.41, 5.74) is 1.90. The van der Waals surface area contributed by atoms with Gasteiger partial charge in [0.25, 0.3) is 6.43 Å². The number of hydrogen-bond acceptors (Lipinski definition) is 2. The average molecular weight is 228 g/mol. The lowest BCUT2D eigenvalue weighted by atomic mass is 9.89. The lowest BCUT2D eigenvalue weighted by Crippen LogP contribution is -2.11. The van der Waals surface area contributed by atoms with Gasteiger partial charge in [0.1, 0.15) is 12.4 Å². The van der Waals surface area contributed by atoms with Crippen molar-refractivity contribution in [2.45, 2.75) is 31.8 Å². The molecule has 0 bridgehead atoms. The first-order chi connectivity index (χ1) is 7.66. The molecule has 16 heavy (non-hydrogen) atoms. The Morgan fingerprint density at radius 3 is 3.00 bits per heavy atom. The Labute approximate surface area is 92.9 Å². The number of aliphatic hydroxyl groups excluding tert-OH is 1. The van der Waals surface area contributed by atoms with E-state index in [0.717, 1.165) is 30.4 Å². The first-order valence-electron chi connectivity index (χ1n) is 5.38. The molecule has 0 saturated heterocycles. The van der Waals surface area contributed by atoms with Crippen molar-refractivity contribution < 1.29 is 18.6 Å². The van der Waals surface area contributed by atoms with E-state index in [2.05, 4.69) is 0 Å². The van der Waals surface area contributed by atoms with Crippen molar-refractivity contribution in [3.63, 3.8) is 0 Å². The Bertz CT molecular complexity index is 366. The van der Waals surface area contributed by atoms with Gasteiger partial charge in [0, 0.05) is 0 Å². The molecule has 1 aliphatic carbocycles. The minimum Gasteiger partial charge on any atom is -0.488 e. The molecule has 0 saturated carbocycles. The summed E-state index contributed by atoms with van der Waals surface area (Å²) in [5.74, 6) is 0.403. The zero-order chi connectivity index (χ0) is 11.5. The van der Waals surface area contributed by atoms with Crippen molar-refractivity contribution >= 4 is 0 Å². The second kappa shape index (κ2) is 4.78. The second-order valence-electron chi connectivity index (χ2n) is 3.97. The third-order valence-corrected chi connectivity index (χ3v) is 2.78. The van der Waals surface area contributed by atoms with E-state index in [4.69, 9.17) is 4.74 Å². The predicted molar refractivity (Wildman–Crippen MR) is 55.8 cm³/mol. The number of aryl methyl sites for hydroxylation is 1. The number of rotatable bonds is 3. The zero-order valence-corrected chi connectivity index (χ0v) is 8.83. The van der Waals surface area contributed by atoms with Crippen molar-refractivity contribution in [1.82, 2.24) is 0 Å². The first kappa shape index (κ1) is 11.3. The Morgan fingerprint density at radius 1 is 1.44 bits per heavy atom. The highest BCUT2D eigenvalue weighted by molar-refractivity contribution is 5.38. The molecule has 0 aromatic heterocycles. The molecule has 4 heteroatoms. The van der Waals surface area contributed by atoms with Crippen molar-refractivity contribution in [1.29, 1.82) is 0 Å². The Hall–Kier alpha value is -1.16. The average Bonchev–Trinajstić information content (AvgIpc) is 2.27. The van der Waals surface area contributed by atoms with Crippen LogP contribution >= 0.6 is 0 Å². The molecule has 0 heterocycles. The van der Waals surface area contributed by atoms with Crippen molar-refractivity contribution in [2.75, 3.05) is 6.61 Å². The molecule has 0 radical (unpaired) electrons. The molecule has 1 aliphatic rings. The molecule has 0 spiro atoms. The lowest BCUT2D eigenvalue weighted by molar-refractivity contribution is 0.0816. The molecule has 2 rings (SSSR count). The lowest BCUT2D eigenvalue weighted by Gasteiger charge is -2.21. The van der Waals surface area contributed by atoms with E-state index in [0.29, 0.717) is 5.75 Å². The maximum atomic E-state index is 12.0. The summed E-state index contributed by atoms with van der Waals surface area (Å²) in [4.78, 5) is 0. The van der Waals surface area contributed by atoms with E-state index in [1.165, 1.54) is 0 Å². The quantitative estimate of drug-likeness (QED) is 0.861. The highest BCUT2D eigenvalue weighted by Crippen LogP contribution is 2.32. The van der Waals surface area contributed by atoms with Gasteiger partial charge in [0.05, 0.1) is 6.10 Å². The normalized spacial score (nSPS) is 19.6.